The van der Waals surface area contributed by atoms with Gasteiger partial charge < -0.3 is 14.4 Å². The fourth-order valence-electron chi connectivity index (χ4n) is 1.76. The Labute approximate surface area is 108 Å². The van der Waals surface area contributed by atoms with E-state index in [1.54, 1.807) is 6.07 Å². The third kappa shape index (κ3) is 4.04. The van der Waals surface area contributed by atoms with E-state index in [2.05, 4.69) is 0 Å². The molecule has 0 saturated carbocycles. The number of carbonyl (C=O) groups is 1. The van der Waals surface area contributed by atoms with Gasteiger partial charge in [-0.05, 0) is 25.5 Å². The zero-order chi connectivity index (χ0) is 13.4. The highest BCUT2D eigenvalue weighted by molar-refractivity contribution is 5.95. The highest BCUT2D eigenvalue weighted by Crippen LogP contribution is 2.20. The van der Waals surface area contributed by atoms with Crippen molar-refractivity contribution in [3.63, 3.8) is 0 Å². The maximum absolute atomic E-state index is 11.6. The van der Waals surface area contributed by atoms with Crippen molar-refractivity contribution in [1.82, 2.24) is 0 Å². The van der Waals surface area contributed by atoms with E-state index in [-0.39, 0.29) is 5.97 Å². The summed E-state index contributed by atoms with van der Waals surface area (Å²) in [5, 5.41) is 0. The van der Waals surface area contributed by atoms with Gasteiger partial charge in [0.25, 0.3) is 0 Å². The van der Waals surface area contributed by atoms with Gasteiger partial charge in [0.05, 0.1) is 18.4 Å². The lowest BCUT2D eigenvalue weighted by Crippen LogP contribution is -2.22. The first kappa shape index (κ1) is 14.5. The van der Waals surface area contributed by atoms with Crippen LogP contribution in [-0.4, -0.2) is 39.9 Å². The highest BCUT2D eigenvalue weighted by Gasteiger charge is 2.13. The third-order valence-corrected chi connectivity index (χ3v) is 2.71. The molecule has 0 aliphatic rings. The van der Waals surface area contributed by atoms with Gasteiger partial charge in [-0.2, -0.15) is 0 Å². The summed E-state index contributed by atoms with van der Waals surface area (Å²) in [5.41, 5.74) is 1.49. The fraction of sp³-hybridized carbons (Fsp3) is 0.500. The Balaban J connectivity index is 2.66. The van der Waals surface area contributed by atoms with Crippen molar-refractivity contribution in [3.8, 4) is 0 Å². The largest absolute Gasteiger partial charge is 0.465 e. The van der Waals surface area contributed by atoms with E-state index in [9.17, 15) is 4.79 Å². The van der Waals surface area contributed by atoms with Gasteiger partial charge in [0.2, 0.25) is 0 Å². The van der Waals surface area contributed by atoms with E-state index in [1.807, 2.05) is 37.1 Å². The van der Waals surface area contributed by atoms with Crippen molar-refractivity contribution < 1.29 is 14.3 Å². The van der Waals surface area contributed by atoms with Crippen LogP contribution in [0.4, 0.5) is 5.69 Å². The van der Waals surface area contributed by atoms with E-state index in [0.717, 1.165) is 31.9 Å². The molecule has 0 N–H and O–H groups in total. The van der Waals surface area contributed by atoms with E-state index in [4.69, 9.17) is 9.47 Å². The molecule has 0 aliphatic carbocycles. The summed E-state index contributed by atoms with van der Waals surface area (Å²) >= 11 is 0. The molecule has 18 heavy (non-hydrogen) atoms. The Bertz CT molecular complexity index is 379. The van der Waals surface area contributed by atoms with Crippen molar-refractivity contribution in [3.05, 3.63) is 29.8 Å². The molecule has 4 heteroatoms. The standard InChI is InChI=1S/C14H21NO3/c1-4-18-11-7-10-15(2)13-9-6-5-8-12(13)14(16)17-3/h5-6,8-9H,4,7,10-11H2,1-3H3. The summed E-state index contributed by atoms with van der Waals surface area (Å²) in [7, 11) is 3.36. The first-order valence-electron chi connectivity index (χ1n) is 6.17. The minimum absolute atomic E-state index is 0.303. The number of benzene rings is 1. The summed E-state index contributed by atoms with van der Waals surface area (Å²) in [5.74, 6) is -0.303. The van der Waals surface area contributed by atoms with Gasteiger partial charge >= 0.3 is 5.97 Å². The minimum Gasteiger partial charge on any atom is -0.465 e. The van der Waals surface area contributed by atoms with E-state index in [0.29, 0.717) is 5.56 Å². The molecule has 100 valence electrons. The fourth-order valence-corrected chi connectivity index (χ4v) is 1.76. The van der Waals surface area contributed by atoms with Crippen LogP contribution in [0.15, 0.2) is 24.3 Å². The summed E-state index contributed by atoms with van der Waals surface area (Å²) in [4.78, 5) is 13.7. The van der Waals surface area contributed by atoms with Crippen LogP contribution in [0.5, 0.6) is 0 Å². The quantitative estimate of drug-likeness (QED) is 0.551. The molecule has 0 bridgehead atoms. The van der Waals surface area contributed by atoms with Crippen LogP contribution in [0.1, 0.15) is 23.7 Å². The van der Waals surface area contributed by atoms with E-state index >= 15 is 0 Å². The second-order valence-corrected chi connectivity index (χ2v) is 3.98. The van der Waals surface area contributed by atoms with Crippen molar-refractivity contribution >= 4 is 11.7 Å². The Morgan fingerprint density at radius 3 is 2.72 bits per heavy atom. The summed E-state index contributed by atoms with van der Waals surface area (Å²) < 4.78 is 10.1. The normalized spacial score (nSPS) is 10.2. The second kappa shape index (κ2) is 7.71. The lowest BCUT2D eigenvalue weighted by molar-refractivity contribution is 0.0601. The number of rotatable bonds is 7. The van der Waals surface area contributed by atoms with Gasteiger partial charge in [0.1, 0.15) is 0 Å². The predicted octanol–water partition coefficient (Wildman–Crippen LogP) is 2.34. The number of hydrogen-bond acceptors (Lipinski definition) is 4. The first-order valence-corrected chi connectivity index (χ1v) is 6.17. The van der Waals surface area contributed by atoms with Crippen LogP contribution in [0.2, 0.25) is 0 Å². The summed E-state index contributed by atoms with van der Waals surface area (Å²) in [6.07, 6.45) is 0.930. The zero-order valence-corrected chi connectivity index (χ0v) is 11.3. The smallest absolute Gasteiger partial charge is 0.339 e. The number of hydrogen-bond donors (Lipinski definition) is 0. The molecule has 0 heterocycles. The Hall–Kier alpha value is -1.55. The molecule has 0 amide bonds. The van der Waals surface area contributed by atoms with Crippen LogP contribution >= 0.6 is 0 Å². The average Bonchev–Trinajstić information content (AvgIpc) is 2.42. The van der Waals surface area contributed by atoms with Crippen molar-refractivity contribution in [2.24, 2.45) is 0 Å². The molecular weight excluding hydrogens is 230 g/mol. The van der Waals surface area contributed by atoms with Gasteiger partial charge in [0.15, 0.2) is 0 Å². The number of carbonyl (C=O) groups excluding carboxylic acids is 1. The molecule has 4 nitrogen and oxygen atoms in total. The minimum atomic E-state index is -0.303. The van der Waals surface area contributed by atoms with Gasteiger partial charge in [-0.3, -0.25) is 0 Å². The van der Waals surface area contributed by atoms with Gasteiger partial charge in [-0.15, -0.1) is 0 Å². The molecule has 1 aromatic carbocycles. The number of ether oxygens (including phenoxy) is 2. The molecular formula is C14H21NO3. The van der Waals surface area contributed by atoms with Crippen molar-refractivity contribution in [2.45, 2.75) is 13.3 Å². The number of esters is 1. The van der Waals surface area contributed by atoms with Crippen LogP contribution < -0.4 is 4.90 Å². The van der Waals surface area contributed by atoms with Crippen LogP contribution in [0.3, 0.4) is 0 Å². The highest BCUT2D eigenvalue weighted by atomic mass is 16.5. The Morgan fingerprint density at radius 1 is 1.33 bits per heavy atom. The van der Waals surface area contributed by atoms with E-state index < -0.39 is 0 Å². The molecule has 0 saturated heterocycles. The lowest BCUT2D eigenvalue weighted by atomic mass is 10.1. The number of anilines is 1. The number of methoxy groups -OCH3 is 1. The molecule has 0 aliphatic heterocycles. The summed E-state index contributed by atoms with van der Waals surface area (Å²) in [6, 6.07) is 7.46. The molecule has 0 radical (unpaired) electrons. The molecule has 0 atom stereocenters. The monoisotopic (exact) mass is 251 g/mol. The van der Waals surface area contributed by atoms with Gasteiger partial charge in [0, 0.05) is 26.8 Å². The summed E-state index contributed by atoms with van der Waals surface area (Å²) in [6.45, 7) is 4.30. The Morgan fingerprint density at radius 2 is 2.06 bits per heavy atom. The average molecular weight is 251 g/mol. The third-order valence-electron chi connectivity index (χ3n) is 2.71. The maximum atomic E-state index is 11.6. The van der Waals surface area contributed by atoms with Gasteiger partial charge in [-0.1, -0.05) is 12.1 Å². The zero-order valence-electron chi connectivity index (χ0n) is 11.3. The Kier molecular flexibility index (Phi) is 6.22. The van der Waals surface area contributed by atoms with Gasteiger partial charge in [-0.25, -0.2) is 4.79 Å². The molecule has 0 spiro atoms. The van der Waals surface area contributed by atoms with Crippen molar-refractivity contribution in [1.29, 1.82) is 0 Å². The number of para-hydroxylation sites is 1. The molecule has 1 aromatic rings. The molecule has 0 aromatic heterocycles. The lowest BCUT2D eigenvalue weighted by Gasteiger charge is -2.21. The topological polar surface area (TPSA) is 38.8 Å². The van der Waals surface area contributed by atoms with Crippen LogP contribution in [0.25, 0.3) is 0 Å². The SMILES string of the molecule is CCOCCCN(C)c1ccccc1C(=O)OC. The maximum Gasteiger partial charge on any atom is 0.339 e. The second-order valence-electron chi connectivity index (χ2n) is 3.98. The number of nitrogens with zero attached hydrogens (tertiary/aromatic N) is 1. The van der Waals surface area contributed by atoms with E-state index in [1.165, 1.54) is 7.11 Å². The van der Waals surface area contributed by atoms with Crippen molar-refractivity contribution in [2.75, 3.05) is 38.8 Å². The predicted molar refractivity (Wildman–Crippen MR) is 72.2 cm³/mol. The van der Waals surface area contributed by atoms with Crippen LogP contribution in [-0.2, 0) is 9.47 Å². The molecule has 1 rings (SSSR count). The molecule has 0 unspecified atom stereocenters. The van der Waals surface area contributed by atoms with Crippen LogP contribution in [0, 0.1) is 0 Å². The molecule has 0 fully saturated rings. The first-order chi connectivity index (χ1) is 8.70.